The molecule has 2 heteroatoms. The van der Waals surface area contributed by atoms with E-state index >= 15 is 0 Å². The first-order chi connectivity index (χ1) is 7.80. The van der Waals surface area contributed by atoms with E-state index in [1.54, 1.807) is 18.2 Å². The molecule has 0 atom stereocenters. The lowest BCUT2D eigenvalue weighted by molar-refractivity contribution is 0.211. The lowest BCUT2D eigenvalue weighted by Gasteiger charge is -2.06. The number of hydrogen-bond donors (Lipinski definition) is 1. The van der Waals surface area contributed by atoms with Gasteiger partial charge in [0, 0.05) is 6.54 Å². The monoisotopic (exact) mass is 215 g/mol. The number of benzene rings is 1. The number of rotatable bonds is 6. The summed E-state index contributed by atoms with van der Waals surface area (Å²) in [6.45, 7) is 8.36. The van der Waals surface area contributed by atoms with Crippen molar-refractivity contribution >= 4 is 0 Å². The van der Waals surface area contributed by atoms with Crippen LogP contribution in [0.5, 0.6) is 0 Å². The van der Waals surface area contributed by atoms with Crippen molar-refractivity contribution in [3.8, 4) is 0 Å². The van der Waals surface area contributed by atoms with Crippen LogP contribution in [-0.2, 0) is 17.9 Å². The zero-order valence-electron chi connectivity index (χ0n) is 9.36. The Labute approximate surface area is 96.7 Å². The van der Waals surface area contributed by atoms with Crippen molar-refractivity contribution in [3.05, 3.63) is 72.5 Å². The summed E-state index contributed by atoms with van der Waals surface area (Å²) in [6.07, 6.45) is 5.12. The number of allylic oxidation sites excluding steroid dienone is 3. The quantitative estimate of drug-likeness (QED) is 0.585. The van der Waals surface area contributed by atoms with E-state index in [9.17, 15) is 0 Å². The molecule has 0 saturated heterocycles. The van der Waals surface area contributed by atoms with Crippen LogP contribution in [0.25, 0.3) is 0 Å². The Kier molecular flexibility index (Phi) is 5.09. The smallest absolute Gasteiger partial charge is 0.119 e. The fraction of sp³-hybridized carbons (Fsp3) is 0.143. The van der Waals surface area contributed by atoms with Gasteiger partial charge in [-0.1, -0.05) is 43.5 Å². The van der Waals surface area contributed by atoms with Gasteiger partial charge in [-0.05, 0) is 23.3 Å². The van der Waals surface area contributed by atoms with Gasteiger partial charge in [0.25, 0.3) is 0 Å². The molecule has 0 amide bonds. The first-order valence-electron chi connectivity index (χ1n) is 5.16. The van der Waals surface area contributed by atoms with Crippen molar-refractivity contribution in [2.75, 3.05) is 0 Å². The molecule has 0 spiro atoms. The first-order valence-corrected chi connectivity index (χ1v) is 5.16. The lowest BCUT2D eigenvalue weighted by Crippen LogP contribution is -1.97. The largest absolute Gasteiger partial charge is 0.489 e. The third-order valence-corrected chi connectivity index (χ3v) is 2.15. The number of hydrogen-bond acceptors (Lipinski definition) is 2. The predicted octanol–water partition coefficient (Wildman–Crippen LogP) is 2.92. The molecule has 0 fully saturated rings. The Balaban J connectivity index is 2.56. The summed E-state index contributed by atoms with van der Waals surface area (Å²) in [5.74, 6) is 0.720. The molecule has 0 aromatic heterocycles. The maximum atomic E-state index is 5.53. The highest BCUT2D eigenvalue weighted by Crippen LogP contribution is 2.08. The van der Waals surface area contributed by atoms with E-state index in [0.29, 0.717) is 13.2 Å². The van der Waals surface area contributed by atoms with E-state index in [4.69, 9.17) is 10.5 Å². The lowest BCUT2D eigenvalue weighted by atomic mass is 10.1. The third kappa shape index (κ3) is 3.75. The highest BCUT2D eigenvalue weighted by atomic mass is 16.5. The van der Waals surface area contributed by atoms with Crippen molar-refractivity contribution in [3.63, 3.8) is 0 Å². The second-order valence-corrected chi connectivity index (χ2v) is 3.32. The van der Waals surface area contributed by atoms with Crippen LogP contribution >= 0.6 is 0 Å². The van der Waals surface area contributed by atoms with Gasteiger partial charge in [0.2, 0.25) is 0 Å². The molecule has 2 N–H and O–H groups in total. The van der Waals surface area contributed by atoms with Gasteiger partial charge >= 0.3 is 0 Å². The SMILES string of the molecule is C=C/C=C(\C=C)OCc1ccc(CN)cc1. The van der Waals surface area contributed by atoms with E-state index in [0.717, 1.165) is 16.9 Å². The van der Waals surface area contributed by atoms with Gasteiger partial charge < -0.3 is 10.5 Å². The van der Waals surface area contributed by atoms with E-state index in [1.165, 1.54) is 0 Å². The molecule has 16 heavy (non-hydrogen) atoms. The van der Waals surface area contributed by atoms with Gasteiger partial charge in [-0.3, -0.25) is 0 Å². The Morgan fingerprint density at radius 2 is 1.81 bits per heavy atom. The second-order valence-electron chi connectivity index (χ2n) is 3.32. The summed E-state index contributed by atoms with van der Waals surface area (Å²) >= 11 is 0. The van der Waals surface area contributed by atoms with E-state index in [-0.39, 0.29) is 0 Å². The van der Waals surface area contributed by atoms with Crippen LogP contribution in [0.15, 0.2) is 61.4 Å². The predicted molar refractivity (Wildman–Crippen MR) is 67.6 cm³/mol. The molecule has 0 aliphatic carbocycles. The zero-order chi connectivity index (χ0) is 11.8. The van der Waals surface area contributed by atoms with Gasteiger partial charge in [-0.15, -0.1) is 0 Å². The van der Waals surface area contributed by atoms with Gasteiger partial charge in [0.1, 0.15) is 12.4 Å². The van der Waals surface area contributed by atoms with Crippen LogP contribution in [0.4, 0.5) is 0 Å². The summed E-state index contributed by atoms with van der Waals surface area (Å²) in [5.41, 5.74) is 7.74. The molecule has 0 radical (unpaired) electrons. The highest BCUT2D eigenvalue weighted by Gasteiger charge is 1.95. The average Bonchev–Trinajstić information content (AvgIpc) is 2.35. The Morgan fingerprint density at radius 1 is 1.19 bits per heavy atom. The standard InChI is InChI=1S/C14H17NO/c1-3-5-14(4-2)16-11-13-8-6-12(10-15)7-9-13/h3-9H,1-2,10-11,15H2/b14-5+. The fourth-order valence-electron chi connectivity index (χ4n) is 1.23. The topological polar surface area (TPSA) is 35.2 Å². The summed E-state index contributed by atoms with van der Waals surface area (Å²) in [5, 5.41) is 0. The van der Waals surface area contributed by atoms with E-state index in [2.05, 4.69) is 13.2 Å². The summed E-state index contributed by atoms with van der Waals surface area (Å²) in [7, 11) is 0. The van der Waals surface area contributed by atoms with Gasteiger partial charge in [0.05, 0.1) is 0 Å². The van der Waals surface area contributed by atoms with Crippen LogP contribution < -0.4 is 5.73 Å². The van der Waals surface area contributed by atoms with Crippen molar-refractivity contribution in [2.45, 2.75) is 13.2 Å². The van der Waals surface area contributed by atoms with Gasteiger partial charge in [-0.25, -0.2) is 0 Å². The molecule has 2 nitrogen and oxygen atoms in total. The number of nitrogens with two attached hydrogens (primary N) is 1. The minimum absolute atomic E-state index is 0.524. The van der Waals surface area contributed by atoms with Crippen LogP contribution in [0.1, 0.15) is 11.1 Å². The molecule has 0 unspecified atom stereocenters. The van der Waals surface area contributed by atoms with Crippen LogP contribution in [0.3, 0.4) is 0 Å². The van der Waals surface area contributed by atoms with Crippen LogP contribution in [0, 0.1) is 0 Å². The van der Waals surface area contributed by atoms with Crippen LogP contribution in [0.2, 0.25) is 0 Å². The van der Waals surface area contributed by atoms with Crippen LogP contribution in [-0.4, -0.2) is 0 Å². The Morgan fingerprint density at radius 3 is 2.31 bits per heavy atom. The number of ether oxygens (including phenoxy) is 1. The average molecular weight is 215 g/mol. The van der Waals surface area contributed by atoms with Crippen molar-refractivity contribution in [1.29, 1.82) is 0 Å². The normalized spacial score (nSPS) is 10.9. The molecular weight excluding hydrogens is 198 g/mol. The fourth-order valence-corrected chi connectivity index (χ4v) is 1.23. The molecule has 0 aliphatic heterocycles. The maximum absolute atomic E-state index is 5.53. The summed E-state index contributed by atoms with van der Waals surface area (Å²) < 4.78 is 5.53. The highest BCUT2D eigenvalue weighted by molar-refractivity contribution is 5.22. The summed E-state index contributed by atoms with van der Waals surface area (Å²) in [4.78, 5) is 0. The molecule has 0 saturated carbocycles. The molecule has 1 rings (SSSR count). The summed E-state index contributed by atoms with van der Waals surface area (Å²) in [6, 6.07) is 8.03. The minimum Gasteiger partial charge on any atom is -0.489 e. The van der Waals surface area contributed by atoms with E-state index < -0.39 is 0 Å². The molecular formula is C14H17NO. The first kappa shape index (κ1) is 12.3. The van der Waals surface area contributed by atoms with Crippen molar-refractivity contribution < 1.29 is 4.74 Å². The second kappa shape index (κ2) is 6.64. The molecule has 0 heterocycles. The maximum Gasteiger partial charge on any atom is 0.119 e. The molecule has 1 aromatic rings. The van der Waals surface area contributed by atoms with Crippen molar-refractivity contribution in [2.24, 2.45) is 5.73 Å². The Hall–Kier alpha value is -1.80. The molecule has 0 aliphatic rings. The van der Waals surface area contributed by atoms with Crippen molar-refractivity contribution in [1.82, 2.24) is 0 Å². The van der Waals surface area contributed by atoms with E-state index in [1.807, 2.05) is 24.3 Å². The zero-order valence-corrected chi connectivity index (χ0v) is 9.36. The molecule has 0 bridgehead atoms. The van der Waals surface area contributed by atoms with Gasteiger partial charge in [0.15, 0.2) is 0 Å². The molecule has 1 aromatic carbocycles. The molecule has 84 valence electrons. The third-order valence-electron chi connectivity index (χ3n) is 2.15. The van der Waals surface area contributed by atoms with Gasteiger partial charge in [-0.2, -0.15) is 0 Å². The Bertz CT molecular complexity index is 376. The minimum atomic E-state index is 0.524.